The number of amides is 1. The summed E-state index contributed by atoms with van der Waals surface area (Å²) in [6, 6.07) is 13.1. The fraction of sp³-hybridized carbons (Fsp3) is 0.273. The second kappa shape index (κ2) is 9.11. The molecule has 7 nitrogen and oxygen atoms in total. The molecule has 1 aromatic heterocycles. The van der Waals surface area contributed by atoms with Gasteiger partial charge in [-0.25, -0.2) is 13.4 Å². The number of hydrogen-bond donors (Lipinski definition) is 3. The van der Waals surface area contributed by atoms with Crippen molar-refractivity contribution < 1.29 is 13.2 Å². The Hall–Kier alpha value is -3.15. The number of benzene rings is 2. The summed E-state index contributed by atoms with van der Waals surface area (Å²) in [4.78, 5) is 20.8. The zero-order valence-electron chi connectivity index (χ0n) is 16.8. The van der Waals surface area contributed by atoms with E-state index in [1.165, 1.54) is 24.3 Å². The third-order valence-corrected chi connectivity index (χ3v) is 5.96. The standard InChI is InChI=1S/C22H24N4O3S/c1-4-13-23-30(28,29)17-11-9-16(10-12-17)22(27)26-20(14-15(2)3)21-24-18-7-5-6-8-19(18)25-21/h1,5-12,15,20,23H,13-14H2,2-3H3,(H,24,25)(H,26,27). The molecule has 0 bridgehead atoms. The van der Waals surface area contributed by atoms with Gasteiger partial charge in [0, 0.05) is 5.56 Å². The average molecular weight is 425 g/mol. The monoisotopic (exact) mass is 424 g/mol. The number of nitrogens with zero attached hydrogens (tertiary/aromatic N) is 1. The molecule has 1 atom stereocenters. The number of fused-ring (bicyclic) bond motifs is 1. The Labute approximate surface area is 176 Å². The first-order valence-electron chi connectivity index (χ1n) is 9.59. The molecule has 1 heterocycles. The Bertz CT molecular complexity index is 1140. The van der Waals surface area contributed by atoms with E-state index in [0.717, 1.165) is 11.0 Å². The quantitative estimate of drug-likeness (QED) is 0.484. The maximum Gasteiger partial charge on any atom is 0.251 e. The number of sulfonamides is 1. The van der Waals surface area contributed by atoms with Crippen molar-refractivity contribution in [2.24, 2.45) is 5.92 Å². The maximum atomic E-state index is 12.8. The molecule has 0 spiro atoms. The van der Waals surface area contributed by atoms with E-state index in [1.54, 1.807) is 0 Å². The van der Waals surface area contributed by atoms with Crippen LogP contribution in [-0.2, 0) is 10.0 Å². The molecule has 3 aromatic rings. The highest BCUT2D eigenvalue weighted by Gasteiger charge is 2.21. The molecule has 0 aliphatic carbocycles. The molecule has 0 radical (unpaired) electrons. The van der Waals surface area contributed by atoms with Gasteiger partial charge in [-0.05, 0) is 48.7 Å². The van der Waals surface area contributed by atoms with Crippen molar-refractivity contribution >= 4 is 27.0 Å². The van der Waals surface area contributed by atoms with Crippen LogP contribution in [0.3, 0.4) is 0 Å². The molecular formula is C22H24N4O3S. The Balaban J connectivity index is 1.79. The molecule has 8 heteroatoms. The number of rotatable bonds is 8. The molecule has 30 heavy (non-hydrogen) atoms. The highest BCUT2D eigenvalue weighted by atomic mass is 32.2. The average Bonchev–Trinajstić information content (AvgIpc) is 3.16. The van der Waals surface area contributed by atoms with Gasteiger partial charge in [0.2, 0.25) is 10.0 Å². The van der Waals surface area contributed by atoms with Gasteiger partial charge in [0.25, 0.3) is 5.91 Å². The first-order chi connectivity index (χ1) is 14.3. The van der Waals surface area contributed by atoms with Gasteiger partial charge in [0.1, 0.15) is 5.82 Å². The number of aromatic nitrogens is 2. The largest absolute Gasteiger partial charge is 0.342 e. The maximum absolute atomic E-state index is 12.8. The molecule has 3 N–H and O–H groups in total. The van der Waals surface area contributed by atoms with Crippen LogP contribution < -0.4 is 10.0 Å². The van der Waals surface area contributed by atoms with Gasteiger partial charge >= 0.3 is 0 Å². The van der Waals surface area contributed by atoms with Crippen molar-refractivity contribution in [3.8, 4) is 12.3 Å². The van der Waals surface area contributed by atoms with E-state index in [4.69, 9.17) is 6.42 Å². The number of hydrogen-bond acceptors (Lipinski definition) is 4. The van der Waals surface area contributed by atoms with Gasteiger partial charge in [-0.15, -0.1) is 6.42 Å². The van der Waals surface area contributed by atoms with Crippen LogP contribution in [0.25, 0.3) is 11.0 Å². The van der Waals surface area contributed by atoms with Gasteiger partial charge < -0.3 is 10.3 Å². The predicted molar refractivity (Wildman–Crippen MR) is 116 cm³/mol. The van der Waals surface area contributed by atoms with Gasteiger partial charge in [-0.3, -0.25) is 4.79 Å². The Morgan fingerprint density at radius 1 is 1.17 bits per heavy atom. The molecular weight excluding hydrogens is 400 g/mol. The molecule has 3 rings (SSSR count). The minimum absolute atomic E-state index is 0.0466. The lowest BCUT2D eigenvalue weighted by Crippen LogP contribution is -2.30. The smallest absolute Gasteiger partial charge is 0.251 e. The van der Waals surface area contributed by atoms with Crippen LogP contribution in [-0.4, -0.2) is 30.8 Å². The lowest BCUT2D eigenvalue weighted by molar-refractivity contribution is 0.0930. The van der Waals surface area contributed by atoms with E-state index in [1.807, 2.05) is 24.3 Å². The summed E-state index contributed by atoms with van der Waals surface area (Å²) in [5, 5.41) is 3.01. The number of aromatic amines is 1. The first-order valence-corrected chi connectivity index (χ1v) is 11.1. The fourth-order valence-electron chi connectivity index (χ4n) is 3.09. The Morgan fingerprint density at radius 2 is 1.87 bits per heavy atom. The number of carbonyl (C=O) groups excluding carboxylic acids is 1. The summed E-state index contributed by atoms with van der Waals surface area (Å²) in [7, 11) is -3.70. The van der Waals surface area contributed by atoms with Crippen molar-refractivity contribution in [3.05, 3.63) is 59.9 Å². The van der Waals surface area contributed by atoms with E-state index in [-0.39, 0.29) is 23.4 Å². The normalized spacial score (nSPS) is 12.6. The molecule has 1 amide bonds. The third-order valence-electron chi connectivity index (χ3n) is 4.54. The number of para-hydroxylation sites is 2. The minimum Gasteiger partial charge on any atom is -0.342 e. The second-order valence-electron chi connectivity index (χ2n) is 7.35. The Morgan fingerprint density at radius 3 is 2.50 bits per heavy atom. The second-order valence-corrected chi connectivity index (χ2v) is 9.11. The number of imidazole rings is 1. The van der Waals surface area contributed by atoms with E-state index in [0.29, 0.717) is 23.7 Å². The van der Waals surface area contributed by atoms with Gasteiger partial charge in [-0.2, -0.15) is 4.72 Å². The van der Waals surface area contributed by atoms with Crippen LogP contribution in [0.15, 0.2) is 53.4 Å². The molecule has 0 aliphatic rings. The fourth-order valence-corrected chi connectivity index (χ4v) is 4.03. The lowest BCUT2D eigenvalue weighted by atomic mass is 10.0. The van der Waals surface area contributed by atoms with Gasteiger partial charge in [0.15, 0.2) is 0 Å². The van der Waals surface area contributed by atoms with Crippen molar-refractivity contribution in [3.63, 3.8) is 0 Å². The van der Waals surface area contributed by atoms with E-state index < -0.39 is 10.0 Å². The number of carbonyl (C=O) groups is 1. The highest BCUT2D eigenvalue weighted by Crippen LogP contribution is 2.22. The zero-order valence-corrected chi connectivity index (χ0v) is 17.7. The summed E-state index contributed by atoms with van der Waals surface area (Å²) in [6.45, 7) is 4.05. The Kier molecular flexibility index (Phi) is 6.55. The first kappa shape index (κ1) is 21.6. The molecule has 0 saturated carbocycles. The highest BCUT2D eigenvalue weighted by molar-refractivity contribution is 7.89. The van der Waals surface area contributed by atoms with Crippen molar-refractivity contribution in [1.82, 2.24) is 20.0 Å². The van der Waals surface area contributed by atoms with Crippen molar-refractivity contribution in [2.75, 3.05) is 6.54 Å². The van der Waals surface area contributed by atoms with Crippen LogP contribution >= 0.6 is 0 Å². The molecule has 0 fully saturated rings. The van der Waals surface area contributed by atoms with E-state index in [9.17, 15) is 13.2 Å². The molecule has 156 valence electrons. The van der Waals surface area contributed by atoms with Crippen LogP contribution in [0.5, 0.6) is 0 Å². The number of H-pyrrole nitrogens is 1. The molecule has 0 aliphatic heterocycles. The molecule has 2 aromatic carbocycles. The summed E-state index contributed by atoms with van der Waals surface area (Å²) < 4.78 is 26.5. The molecule has 1 unspecified atom stereocenters. The van der Waals surface area contributed by atoms with Crippen LogP contribution in [0.2, 0.25) is 0 Å². The third kappa shape index (κ3) is 5.06. The summed E-state index contributed by atoms with van der Waals surface area (Å²) in [5.74, 6) is 2.94. The van der Waals surface area contributed by atoms with E-state index >= 15 is 0 Å². The number of terminal acetylenes is 1. The SMILES string of the molecule is C#CCNS(=O)(=O)c1ccc(C(=O)NC(CC(C)C)c2nc3ccccc3[nH]2)cc1. The molecule has 0 saturated heterocycles. The predicted octanol–water partition coefficient (Wildman–Crippen LogP) is 2.99. The lowest BCUT2D eigenvalue weighted by Gasteiger charge is -2.19. The van der Waals surface area contributed by atoms with Crippen molar-refractivity contribution in [2.45, 2.75) is 31.2 Å². The summed E-state index contributed by atoms with van der Waals surface area (Å²) in [6.07, 6.45) is 5.80. The van der Waals surface area contributed by atoms with Crippen LogP contribution in [0, 0.1) is 18.3 Å². The minimum atomic E-state index is -3.70. The van der Waals surface area contributed by atoms with Gasteiger partial charge in [-0.1, -0.05) is 31.9 Å². The summed E-state index contributed by atoms with van der Waals surface area (Å²) >= 11 is 0. The summed E-state index contributed by atoms with van der Waals surface area (Å²) in [5.41, 5.74) is 2.10. The van der Waals surface area contributed by atoms with Crippen LogP contribution in [0.4, 0.5) is 0 Å². The number of nitrogens with one attached hydrogen (secondary N) is 3. The van der Waals surface area contributed by atoms with Gasteiger partial charge in [0.05, 0.1) is 28.5 Å². The van der Waals surface area contributed by atoms with Crippen molar-refractivity contribution in [1.29, 1.82) is 0 Å². The zero-order chi connectivity index (χ0) is 21.7. The van der Waals surface area contributed by atoms with Crippen LogP contribution in [0.1, 0.15) is 42.5 Å². The van der Waals surface area contributed by atoms with E-state index in [2.05, 4.69) is 39.8 Å². The topological polar surface area (TPSA) is 104 Å².